The molecule has 5 amide bonds. The Kier molecular flexibility index (Phi) is 27.3. The topological polar surface area (TPSA) is 181 Å². The third-order valence-corrected chi connectivity index (χ3v) is 36.4. The molecule has 0 spiro atoms. The average molecular weight is 1590 g/mol. The van der Waals surface area contributed by atoms with Gasteiger partial charge in [0.25, 0.3) is 0 Å². The summed E-state index contributed by atoms with van der Waals surface area (Å²) in [4.78, 5) is 85.9. The summed E-state index contributed by atoms with van der Waals surface area (Å²) in [6, 6.07) is 2.39. The molecule has 20 unspecified atom stereocenters. The Morgan fingerprint density at radius 2 is 0.690 bits per heavy atom. The van der Waals surface area contributed by atoms with Crippen LogP contribution in [0.3, 0.4) is 0 Å². The van der Waals surface area contributed by atoms with Crippen LogP contribution in [0.15, 0.2) is 86.6 Å². The fourth-order valence-electron chi connectivity index (χ4n) is 32.8. The van der Waals surface area contributed by atoms with E-state index in [1.807, 2.05) is 18.9 Å². The first-order chi connectivity index (χ1) is 55.8. The summed E-state index contributed by atoms with van der Waals surface area (Å²) in [5.41, 5.74) is 2.53. The van der Waals surface area contributed by atoms with E-state index in [2.05, 4.69) is 73.8 Å². The maximum absolute atomic E-state index is 12.3. The van der Waals surface area contributed by atoms with Crippen LogP contribution < -0.4 is 16.0 Å². The predicted octanol–water partition coefficient (Wildman–Crippen LogP) is 19.8. The number of fused-ring (bicyclic) bond motifs is 20. The Balaban J connectivity index is 0.000000106. The number of likely N-dealkylation sites (N-methyl/N-ethyl adjacent to an activating group) is 2. The van der Waals surface area contributed by atoms with E-state index in [4.69, 9.17) is 9.47 Å². The number of amides is 5. The van der Waals surface area contributed by atoms with Crippen molar-refractivity contribution in [2.75, 3.05) is 13.6 Å². The van der Waals surface area contributed by atoms with Crippen LogP contribution in [-0.2, 0) is 43.0 Å². The summed E-state index contributed by atoms with van der Waals surface area (Å²) >= 11 is 0. The van der Waals surface area contributed by atoms with Crippen LogP contribution in [0.4, 0.5) is 0 Å². The predicted molar refractivity (Wildman–Crippen MR) is 461 cm³/mol. The molecule has 116 heavy (non-hydrogen) atoms. The maximum Gasteiger partial charge on any atom is 0.333 e. The number of nitrogens with one attached hydrogen (secondary N) is 3. The first kappa shape index (κ1) is 85.4. The van der Waals surface area contributed by atoms with Crippen LogP contribution in [0, 0.1) is 166 Å². The molecule has 0 aliphatic heterocycles. The molecule has 14 heteroatoms. The van der Waals surface area contributed by atoms with Crippen molar-refractivity contribution in [1.29, 1.82) is 0 Å². The quantitative estimate of drug-likeness (QED) is 0.106. The van der Waals surface area contributed by atoms with E-state index in [-0.39, 0.29) is 53.7 Å². The smallest absolute Gasteiger partial charge is 0.333 e. The van der Waals surface area contributed by atoms with E-state index in [0.29, 0.717) is 64.3 Å². The first-order valence-corrected chi connectivity index (χ1v) is 48.2. The van der Waals surface area contributed by atoms with Crippen LogP contribution in [0.1, 0.15) is 285 Å². The van der Waals surface area contributed by atoms with Crippen molar-refractivity contribution in [2.24, 2.45) is 166 Å². The fourth-order valence-corrected chi connectivity index (χ4v) is 32.8. The Labute approximate surface area is 699 Å². The van der Waals surface area contributed by atoms with E-state index in [1.54, 1.807) is 20.8 Å². The Bertz CT molecular complexity index is 3430. The van der Waals surface area contributed by atoms with Crippen molar-refractivity contribution in [2.45, 2.75) is 327 Å². The molecule has 0 saturated heterocycles. The molecule has 20 bridgehead atoms. The van der Waals surface area contributed by atoms with Crippen molar-refractivity contribution in [3.63, 3.8) is 0 Å². The second-order valence-corrected chi connectivity index (χ2v) is 43.2. The van der Waals surface area contributed by atoms with Crippen molar-refractivity contribution in [3.8, 4) is 0 Å². The van der Waals surface area contributed by atoms with Gasteiger partial charge in [0.05, 0.1) is 0 Å². The molecule has 24 aliphatic rings. The molecule has 24 aliphatic carbocycles. The third kappa shape index (κ3) is 18.2. The van der Waals surface area contributed by atoms with Crippen molar-refractivity contribution < 1.29 is 43.0 Å². The molecule has 3 N–H and O–H groups in total. The van der Waals surface area contributed by atoms with Crippen molar-refractivity contribution >= 4 is 41.5 Å². The van der Waals surface area contributed by atoms with Crippen molar-refractivity contribution in [3.05, 3.63) is 86.6 Å². The van der Waals surface area contributed by atoms with Crippen LogP contribution in [0.5, 0.6) is 0 Å². The number of ether oxygens (including phenoxy) is 2. The van der Waals surface area contributed by atoms with Gasteiger partial charge in [-0.25, -0.2) is 9.59 Å². The largest absolute Gasteiger partial charge is 0.459 e. The van der Waals surface area contributed by atoms with Gasteiger partial charge in [-0.15, -0.1) is 0 Å². The zero-order valence-electron chi connectivity index (χ0n) is 72.7. The van der Waals surface area contributed by atoms with Gasteiger partial charge in [-0.2, -0.15) is 0 Å². The normalized spacial score (nSPS) is 43.7. The molecular weight excluding hydrogens is 1440 g/mol. The second-order valence-electron chi connectivity index (χ2n) is 43.2. The van der Waals surface area contributed by atoms with Crippen LogP contribution >= 0.6 is 0 Å². The summed E-state index contributed by atoms with van der Waals surface area (Å²) in [5.74, 6) is 24.3. The highest BCUT2D eigenvalue weighted by molar-refractivity contribution is 5.93. The standard InChI is InChI=1S/C16H25NO.C15H23NO.C15H22O2.3C14H21NO.C14H20O2/c1-4-17(16(18)10(2)3)15-13-6-11-5-12(8-13)9-14(15)7-11;1-9(2)15(17)16-14-8-10-7-13(14)12-6-4-3-5-11(10)12;1-9(2)15(16)17-14-8-10-7-13(14)12-6-4-3-5-11(10)12;1-8(2)14(16)15-13-11-4-9-3-10(6-11)7-12(13)5-9;1-3-13(16)15(2)14-11-5-9-4-10(7-11)8-12(14)6-9;1-2-14(16)15-13-8-9-7-12(13)11-6-4-3-5-10(9)11;1-2-14(15)16-13-8-9-7-12(13)11-6-4-3-5-10(9)11/h11-15H,2,4-9H2,1,3H3;10-14H,1,3-8H2,2H3,(H,16,17);10-14H,1,3-8H2,2H3;9-13H,1,3-7H2,2H3,(H,15,16);3,9-12,14H,1,4-8H2,2H3;2,9-13H,1,3-8H2,(H,15,16);2,9-13H,1,3-8H2. The number of carbonyl (C=O) groups excluding carboxylic acids is 7. The first-order valence-electron chi connectivity index (χ1n) is 48.2. The van der Waals surface area contributed by atoms with Gasteiger partial charge in [-0.1, -0.05) is 97.4 Å². The number of esters is 2. The summed E-state index contributed by atoms with van der Waals surface area (Å²) in [5, 5.41) is 9.56. The molecule has 14 nitrogen and oxygen atoms in total. The molecule has 0 radical (unpaired) electrons. The fraction of sp³-hybridized carbons (Fsp3) is 0.794. The zero-order valence-corrected chi connectivity index (χ0v) is 72.7. The van der Waals surface area contributed by atoms with E-state index in [0.717, 1.165) is 173 Å². The van der Waals surface area contributed by atoms with Gasteiger partial charge in [0, 0.05) is 72.2 Å². The summed E-state index contributed by atoms with van der Waals surface area (Å²) < 4.78 is 11.1. The number of carbonyl (C=O) groups is 7. The van der Waals surface area contributed by atoms with E-state index in [1.165, 1.54) is 256 Å². The molecule has 24 rings (SSSR count). The van der Waals surface area contributed by atoms with E-state index in [9.17, 15) is 33.6 Å². The van der Waals surface area contributed by atoms with Gasteiger partial charge in [-0.3, -0.25) is 24.0 Å². The number of hydrogen-bond acceptors (Lipinski definition) is 9. The molecule has 24 saturated carbocycles. The highest BCUT2D eigenvalue weighted by atomic mass is 16.5. The monoisotopic (exact) mass is 1590 g/mol. The van der Waals surface area contributed by atoms with Crippen molar-refractivity contribution in [1.82, 2.24) is 25.8 Å². The minimum atomic E-state index is -0.232. The van der Waals surface area contributed by atoms with Gasteiger partial charge in [0.15, 0.2) is 0 Å². The lowest BCUT2D eigenvalue weighted by atomic mass is 9.54. The lowest BCUT2D eigenvalue weighted by Gasteiger charge is -2.57. The molecule has 24 fully saturated rings. The number of nitrogens with zero attached hydrogens (tertiary/aromatic N) is 2. The van der Waals surface area contributed by atoms with Gasteiger partial charge < -0.3 is 35.2 Å². The SMILES string of the molecule is C=C(C)C(=O)N(CC)C1C2CC3CC(C2)CC1C3.C=C(C)C(=O)NC1C2CC3CC(C2)CC1C3.C=C(C)C(=O)NC1CC2CC1C1CCCCC21.C=C(C)C(=O)OC1CC2CC1C1CCCCC21.C=CC(=O)N(C)C1C2CC3CC(C2)CC1C3.C=CC(=O)NC1CC2CC1C1CCCCC21.C=CC(=O)OC1CC2CC1C1CCCCC21. The van der Waals surface area contributed by atoms with E-state index >= 15 is 0 Å². The molecule has 0 aromatic rings. The summed E-state index contributed by atoms with van der Waals surface area (Å²) in [6.45, 7) is 35.7. The number of rotatable bonds is 15. The van der Waals surface area contributed by atoms with Gasteiger partial charge in [0.2, 0.25) is 29.5 Å². The molecular formula is C102H153N5O9. The minimum absolute atomic E-state index is 0.0184. The molecule has 0 heterocycles. The molecule has 20 atom stereocenters. The van der Waals surface area contributed by atoms with Crippen LogP contribution in [0.2, 0.25) is 0 Å². The molecule has 0 aromatic heterocycles. The zero-order chi connectivity index (χ0) is 81.7. The summed E-state index contributed by atoms with van der Waals surface area (Å²) in [7, 11) is 1.97. The lowest BCUT2D eigenvalue weighted by molar-refractivity contribution is -0.149. The Hall–Kier alpha value is -5.53. The molecule has 0 aromatic carbocycles. The van der Waals surface area contributed by atoms with Gasteiger partial charge >= 0.3 is 11.9 Å². The lowest BCUT2D eigenvalue weighted by Crippen LogP contribution is -2.57. The molecule has 640 valence electrons. The highest BCUT2D eigenvalue weighted by Crippen LogP contribution is 2.63. The summed E-state index contributed by atoms with van der Waals surface area (Å²) in [6.07, 6.45) is 58.0. The number of hydrogen-bond donors (Lipinski definition) is 3. The second kappa shape index (κ2) is 37.0. The maximum atomic E-state index is 12.3. The highest BCUT2D eigenvalue weighted by Gasteiger charge is 2.59. The van der Waals surface area contributed by atoms with Crippen LogP contribution in [-0.4, -0.2) is 107 Å². The van der Waals surface area contributed by atoms with Crippen LogP contribution in [0.25, 0.3) is 0 Å². The van der Waals surface area contributed by atoms with E-state index < -0.39 is 0 Å². The van der Waals surface area contributed by atoms with Gasteiger partial charge in [0.1, 0.15) is 12.2 Å². The average Bonchev–Trinajstić information content (AvgIpc) is 1.20. The minimum Gasteiger partial charge on any atom is -0.459 e. The Morgan fingerprint density at radius 3 is 1.05 bits per heavy atom. The third-order valence-electron chi connectivity index (χ3n) is 36.4. The van der Waals surface area contributed by atoms with Gasteiger partial charge in [-0.05, 0) is 412 Å². The Morgan fingerprint density at radius 1 is 0.345 bits per heavy atom.